The van der Waals surface area contributed by atoms with E-state index in [-0.39, 0.29) is 16.7 Å². The predicted molar refractivity (Wildman–Crippen MR) is 69.9 cm³/mol. The van der Waals surface area contributed by atoms with Crippen LogP contribution in [0.2, 0.25) is 0 Å². The first-order chi connectivity index (χ1) is 8.41. The van der Waals surface area contributed by atoms with E-state index in [0.29, 0.717) is 12.5 Å². The van der Waals surface area contributed by atoms with Crippen molar-refractivity contribution in [3.8, 4) is 5.75 Å². The van der Waals surface area contributed by atoms with Crippen molar-refractivity contribution in [3.05, 3.63) is 24.3 Å². The highest BCUT2D eigenvalue weighted by atomic mass is 32.2. The first-order valence-electron chi connectivity index (χ1n) is 6.22. The van der Waals surface area contributed by atoms with E-state index in [1.165, 1.54) is 24.3 Å². The zero-order valence-corrected chi connectivity index (χ0v) is 11.5. The second-order valence-corrected chi connectivity index (χ2v) is 6.99. The summed E-state index contributed by atoms with van der Waals surface area (Å²) in [5.74, 6) is 0.474. The molecular weight excluding hydrogens is 250 g/mol. The third kappa shape index (κ3) is 2.52. The van der Waals surface area contributed by atoms with E-state index >= 15 is 0 Å². The summed E-state index contributed by atoms with van der Waals surface area (Å²) in [6, 6.07) is 5.77. The molecular formula is C13H19NO3S. The van der Waals surface area contributed by atoms with Gasteiger partial charge < -0.3 is 5.11 Å². The molecule has 2 rings (SSSR count). The van der Waals surface area contributed by atoms with Gasteiger partial charge in [0.05, 0.1) is 4.90 Å². The summed E-state index contributed by atoms with van der Waals surface area (Å²) in [6.45, 7) is 4.60. The van der Waals surface area contributed by atoms with Crippen molar-refractivity contribution in [3.63, 3.8) is 0 Å². The highest BCUT2D eigenvalue weighted by Crippen LogP contribution is 2.28. The van der Waals surface area contributed by atoms with Gasteiger partial charge in [0.25, 0.3) is 0 Å². The standard InChI is InChI=1S/C13H19NO3S/c1-10-3-4-11(2)14(9-10)18(16,17)13-7-5-12(15)6-8-13/h5-8,10-11,15H,3-4,9H2,1-2H3. The van der Waals surface area contributed by atoms with Crippen molar-refractivity contribution < 1.29 is 13.5 Å². The Morgan fingerprint density at radius 2 is 1.78 bits per heavy atom. The molecule has 5 heteroatoms. The quantitative estimate of drug-likeness (QED) is 0.895. The van der Waals surface area contributed by atoms with Crippen LogP contribution in [0.5, 0.6) is 5.75 Å². The number of hydrogen-bond donors (Lipinski definition) is 1. The van der Waals surface area contributed by atoms with Gasteiger partial charge in [0.2, 0.25) is 10.0 Å². The van der Waals surface area contributed by atoms with Crippen molar-refractivity contribution >= 4 is 10.0 Å². The van der Waals surface area contributed by atoms with E-state index in [1.54, 1.807) is 4.31 Å². The Labute approximate surface area is 108 Å². The van der Waals surface area contributed by atoms with Gasteiger partial charge in [0, 0.05) is 12.6 Å². The maximum Gasteiger partial charge on any atom is 0.243 e. The zero-order valence-electron chi connectivity index (χ0n) is 10.7. The molecule has 18 heavy (non-hydrogen) atoms. The predicted octanol–water partition coefficient (Wildman–Crippen LogP) is 2.20. The lowest BCUT2D eigenvalue weighted by Crippen LogP contribution is -2.44. The summed E-state index contributed by atoms with van der Waals surface area (Å²) in [5, 5.41) is 9.22. The molecule has 0 aliphatic carbocycles. The molecule has 4 nitrogen and oxygen atoms in total. The first-order valence-corrected chi connectivity index (χ1v) is 7.66. The highest BCUT2D eigenvalue weighted by molar-refractivity contribution is 7.89. The maximum atomic E-state index is 12.5. The van der Waals surface area contributed by atoms with E-state index in [9.17, 15) is 13.5 Å². The number of aromatic hydroxyl groups is 1. The van der Waals surface area contributed by atoms with E-state index in [2.05, 4.69) is 6.92 Å². The van der Waals surface area contributed by atoms with Crippen LogP contribution in [-0.2, 0) is 10.0 Å². The van der Waals surface area contributed by atoms with Gasteiger partial charge in [-0.2, -0.15) is 4.31 Å². The van der Waals surface area contributed by atoms with Crippen LogP contribution in [0.15, 0.2) is 29.2 Å². The summed E-state index contributed by atoms with van der Waals surface area (Å²) in [4.78, 5) is 0.251. The number of benzene rings is 1. The average Bonchev–Trinajstić information content (AvgIpc) is 2.32. The Kier molecular flexibility index (Phi) is 3.64. The number of phenolic OH excluding ortho intramolecular Hbond substituents is 1. The molecule has 100 valence electrons. The summed E-state index contributed by atoms with van der Waals surface area (Å²) < 4.78 is 26.6. The SMILES string of the molecule is CC1CCC(C)N(S(=O)(=O)c2ccc(O)cc2)C1. The Balaban J connectivity index is 2.32. The normalized spacial score (nSPS) is 26.1. The van der Waals surface area contributed by atoms with Gasteiger partial charge in [-0.15, -0.1) is 0 Å². The van der Waals surface area contributed by atoms with Gasteiger partial charge in [-0.05, 0) is 49.9 Å². The molecule has 0 aromatic heterocycles. The molecule has 1 N–H and O–H groups in total. The molecule has 0 saturated carbocycles. The molecule has 1 aromatic rings. The minimum Gasteiger partial charge on any atom is -0.508 e. The van der Waals surface area contributed by atoms with Crippen molar-refractivity contribution in [2.45, 2.75) is 37.6 Å². The Hall–Kier alpha value is -1.07. The molecule has 2 unspecified atom stereocenters. The topological polar surface area (TPSA) is 57.6 Å². The Bertz CT molecular complexity index is 510. The first kappa shape index (κ1) is 13.4. The lowest BCUT2D eigenvalue weighted by Gasteiger charge is -2.35. The molecule has 1 fully saturated rings. The largest absolute Gasteiger partial charge is 0.508 e. The van der Waals surface area contributed by atoms with Crippen LogP contribution < -0.4 is 0 Å². The Morgan fingerprint density at radius 1 is 1.17 bits per heavy atom. The van der Waals surface area contributed by atoms with Crippen molar-refractivity contribution in [1.82, 2.24) is 4.31 Å². The molecule has 0 bridgehead atoms. The minimum atomic E-state index is -3.44. The molecule has 0 radical (unpaired) electrons. The number of hydrogen-bond acceptors (Lipinski definition) is 3. The molecule has 1 aliphatic rings. The molecule has 1 aliphatic heterocycles. The molecule has 2 atom stereocenters. The fourth-order valence-electron chi connectivity index (χ4n) is 2.34. The van der Waals surface area contributed by atoms with Crippen LogP contribution in [0.1, 0.15) is 26.7 Å². The van der Waals surface area contributed by atoms with Gasteiger partial charge in [-0.3, -0.25) is 0 Å². The van der Waals surface area contributed by atoms with Gasteiger partial charge >= 0.3 is 0 Å². The number of nitrogens with zero attached hydrogens (tertiary/aromatic N) is 1. The van der Waals surface area contributed by atoms with Crippen LogP contribution in [0.4, 0.5) is 0 Å². The van der Waals surface area contributed by atoms with Crippen molar-refractivity contribution in [2.24, 2.45) is 5.92 Å². The van der Waals surface area contributed by atoms with Crippen molar-refractivity contribution in [1.29, 1.82) is 0 Å². The van der Waals surface area contributed by atoms with Crippen LogP contribution >= 0.6 is 0 Å². The third-order valence-corrected chi connectivity index (χ3v) is 5.50. The highest BCUT2D eigenvalue weighted by Gasteiger charge is 2.33. The van der Waals surface area contributed by atoms with Gasteiger partial charge in [0.1, 0.15) is 5.75 Å². The van der Waals surface area contributed by atoms with Crippen LogP contribution in [-0.4, -0.2) is 30.4 Å². The zero-order chi connectivity index (χ0) is 13.3. The lowest BCUT2D eigenvalue weighted by molar-refractivity contribution is 0.218. The van der Waals surface area contributed by atoms with Crippen LogP contribution in [0.3, 0.4) is 0 Å². The summed E-state index contributed by atoms with van der Waals surface area (Å²) in [5.41, 5.74) is 0. The fraction of sp³-hybridized carbons (Fsp3) is 0.538. The van der Waals surface area contributed by atoms with Gasteiger partial charge in [0.15, 0.2) is 0 Å². The average molecular weight is 269 g/mol. The molecule has 1 heterocycles. The minimum absolute atomic E-state index is 0.0417. The van der Waals surface area contributed by atoms with Gasteiger partial charge in [-0.1, -0.05) is 6.92 Å². The van der Waals surface area contributed by atoms with Crippen molar-refractivity contribution in [2.75, 3.05) is 6.54 Å². The number of piperidine rings is 1. The third-order valence-electron chi connectivity index (χ3n) is 3.50. The fourth-order valence-corrected chi connectivity index (χ4v) is 4.12. The molecule has 0 spiro atoms. The molecule has 0 amide bonds. The van der Waals surface area contributed by atoms with E-state index < -0.39 is 10.0 Å². The van der Waals surface area contributed by atoms with Crippen LogP contribution in [0.25, 0.3) is 0 Å². The van der Waals surface area contributed by atoms with E-state index in [1.807, 2.05) is 6.92 Å². The second-order valence-electron chi connectivity index (χ2n) is 5.10. The monoisotopic (exact) mass is 269 g/mol. The molecule has 1 aromatic carbocycles. The summed E-state index contributed by atoms with van der Waals surface area (Å²) in [7, 11) is -3.44. The molecule has 1 saturated heterocycles. The number of phenols is 1. The maximum absolute atomic E-state index is 12.5. The summed E-state index contributed by atoms with van der Waals surface area (Å²) in [6.07, 6.45) is 1.97. The van der Waals surface area contributed by atoms with E-state index in [0.717, 1.165) is 12.8 Å². The summed E-state index contributed by atoms with van der Waals surface area (Å²) >= 11 is 0. The van der Waals surface area contributed by atoms with Gasteiger partial charge in [-0.25, -0.2) is 8.42 Å². The Morgan fingerprint density at radius 3 is 2.39 bits per heavy atom. The number of rotatable bonds is 2. The van der Waals surface area contributed by atoms with Crippen LogP contribution in [0, 0.1) is 5.92 Å². The smallest absolute Gasteiger partial charge is 0.243 e. The number of sulfonamides is 1. The lowest BCUT2D eigenvalue weighted by atomic mass is 9.97. The second kappa shape index (κ2) is 4.90. The van der Waals surface area contributed by atoms with E-state index in [4.69, 9.17) is 0 Å².